The maximum absolute atomic E-state index is 14.1. The van der Waals surface area contributed by atoms with Crippen molar-refractivity contribution in [3.63, 3.8) is 0 Å². The lowest BCUT2D eigenvalue weighted by atomic mass is 9.80. The number of carbonyl (C=O) groups excluding carboxylic acids is 2. The molecule has 14 nitrogen and oxygen atoms in total. The number of anilines is 2. The molecule has 0 spiro atoms. The molecule has 1 aliphatic rings. The van der Waals surface area contributed by atoms with Crippen LogP contribution in [0.1, 0.15) is 31.8 Å². The van der Waals surface area contributed by atoms with Crippen molar-refractivity contribution in [3.8, 4) is 11.1 Å². The van der Waals surface area contributed by atoms with Gasteiger partial charge in [-0.25, -0.2) is 5.26 Å². The summed E-state index contributed by atoms with van der Waals surface area (Å²) in [6.07, 6.45) is 0. The number of benzene rings is 4. The number of nitrogens with zero attached hydrogens (tertiary/aromatic N) is 1. The van der Waals surface area contributed by atoms with E-state index in [4.69, 9.17) is 5.26 Å². The maximum Gasteiger partial charge on any atom is 0.296 e. The van der Waals surface area contributed by atoms with Gasteiger partial charge in [-0.3, -0.25) is 23.5 Å². The Bertz CT molecular complexity index is 2460. The fourth-order valence-electron chi connectivity index (χ4n) is 5.50. The van der Waals surface area contributed by atoms with E-state index in [0.717, 1.165) is 12.1 Å². The topological polar surface area (TPSA) is 216 Å². The number of aromatic nitrogens is 1. The largest absolute Gasteiger partial charge is 0.354 e. The molecule has 6 rings (SSSR count). The number of nitrogens with one attached hydrogen (secondary N) is 1. The molecule has 17 heteroatoms. The van der Waals surface area contributed by atoms with Gasteiger partial charge in [0, 0.05) is 34.0 Å². The number of pyridine rings is 1. The van der Waals surface area contributed by atoms with E-state index in [2.05, 4.69) is 14.7 Å². The molecule has 240 valence electrons. The molecule has 0 bridgehead atoms. The van der Waals surface area contributed by atoms with Gasteiger partial charge >= 0.3 is 0 Å². The van der Waals surface area contributed by atoms with Crippen LogP contribution in [0.15, 0.2) is 98.3 Å². The third-order valence-electron chi connectivity index (χ3n) is 7.51. The highest BCUT2D eigenvalue weighted by Crippen LogP contribution is 2.44. The quantitative estimate of drug-likeness (QED) is 0.0533. The van der Waals surface area contributed by atoms with Gasteiger partial charge in [0.15, 0.2) is 11.6 Å². The Morgan fingerprint density at radius 2 is 1.53 bits per heavy atom. The summed E-state index contributed by atoms with van der Waals surface area (Å²) in [5.74, 6) is -1.24. The minimum Gasteiger partial charge on any atom is -0.354 e. The van der Waals surface area contributed by atoms with E-state index in [1.54, 1.807) is 24.3 Å². The molecule has 0 saturated heterocycles. The van der Waals surface area contributed by atoms with Gasteiger partial charge in [0.05, 0.1) is 45.0 Å². The molecule has 0 aliphatic heterocycles. The second-order valence-corrected chi connectivity index (χ2v) is 13.8. The van der Waals surface area contributed by atoms with Crippen molar-refractivity contribution in [1.29, 1.82) is 0 Å². The highest BCUT2D eigenvalue weighted by Gasteiger charge is 2.34. The van der Waals surface area contributed by atoms with Crippen molar-refractivity contribution in [2.75, 3.05) is 5.32 Å². The standard InChI is InChI=1S/C30H20N2O12S3/c1-32-22-12-11-21(31-20-10-9-17(46(37,38)39)14-23(20)47(40,41)42)25-26(22)24(18-7-2-3-8-19(18)29(25)34)27(30(32)35)28(33)15-5-4-6-16(13-15)45-44-43-36/h2-14,31,36H,1H3,(H,37,38,39)(H,40,41,42). The van der Waals surface area contributed by atoms with Gasteiger partial charge in [0.2, 0.25) is 0 Å². The predicted molar refractivity (Wildman–Crippen MR) is 168 cm³/mol. The number of hydrogen-bond donors (Lipinski definition) is 4. The molecule has 0 unspecified atom stereocenters. The number of hydrogen-bond acceptors (Lipinski definition) is 12. The van der Waals surface area contributed by atoms with E-state index in [-0.39, 0.29) is 50.1 Å². The van der Waals surface area contributed by atoms with Gasteiger partial charge in [-0.05, 0) is 48.0 Å². The Labute approximate surface area is 269 Å². The van der Waals surface area contributed by atoms with E-state index < -0.39 is 47.2 Å². The smallest absolute Gasteiger partial charge is 0.296 e. The van der Waals surface area contributed by atoms with Crippen LogP contribution in [0.3, 0.4) is 0 Å². The first kappa shape index (κ1) is 32.2. The van der Waals surface area contributed by atoms with Crippen LogP contribution >= 0.6 is 12.0 Å². The monoisotopic (exact) mass is 696 g/mol. The molecule has 1 heterocycles. The van der Waals surface area contributed by atoms with Gasteiger partial charge < -0.3 is 9.88 Å². The lowest BCUT2D eigenvalue weighted by Gasteiger charge is -2.26. The van der Waals surface area contributed by atoms with Gasteiger partial charge in [-0.15, -0.1) is 4.33 Å². The molecule has 4 aromatic carbocycles. The lowest BCUT2D eigenvalue weighted by molar-refractivity contribution is -0.432. The van der Waals surface area contributed by atoms with E-state index in [0.29, 0.717) is 28.6 Å². The van der Waals surface area contributed by atoms with Gasteiger partial charge in [0.25, 0.3) is 25.8 Å². The Hall–Kier alpha value is -4.72. The fourth-order valence-corrected chi connectivity index (χ4v) is 7.17. The minimum atomic E-state index is -5.07. The zero-order valence-electron chi connectivity index (χ0n) is 23.7. The minimum absolute atomic E-state index is 0.000596. The van der Waals surface area contributed by atoms with Crippen LogP contribution in [0.25, 0.3) is 22.0 Å². The molecule has 4 N–H and O–H groups in total. The second kappa shape index (κ2) is 11.8. The highest BCUT2D eigenvalue weighted by molar-refractivity contribution is 7.94. The maximum atomic E-state index is 14.1. The van der Waals surface area contributed by atoms with E-state index in [9.17, 15) is 40.3 Å². The Balaban J connectivity index is 1.64. The van der Waals surface area contributed by atoms with Crippen molar-refractivity contribution < 1.29 is 50.2 Å². The Morgan fingerprint density at radius 1 is 0.830 bits per heavy atom. The predicted octanol–water partition coefficient (Wildman–Crippen LogP) is 4.65. The molecule has 0 radical (unpaired) electrons. The van der Waals surface area contributed by atoms with Crippen LogP contribution in [-0.2, 0) is 36.7 Å². The summed E-state index contributed by atoms with van der Waals surface area (Å²) in [5, 5.41) is 15.1. The molecular formula is C30H20N2O12S3. The molecule has 0 atom stereocenters. The van der Waals surface area contributed by atoms with Crippen LogP contribution in [0.4, 0.5) is 11.4 Å². The molecule has 5 aromatic rings. The van der Waals surface area contributed by atoms with Crippen molar-refractivity contribution in [3.05, 3.63) is 111 Å². The number of carbonyl (C=O) groups is 2. The van der Waals surface area contributed by atoms with Crippen LogP contribution in [0, 0.1) is 0 Å². The summed E-state index contributed by atoms with van der Waals surface area (Å²) in [5.41, 5.74) is -0.408. The molecule has 0 amide bonds. The Kier molecular flexibility index (Phi) is 8.10. The summed E-state index contributed by atoms with van der Waals surface area (Å²) in [4.78, 5) is 40.8. The van der Waals surface area contributed by atoms with Crippen LogP contribution in [0.5, 0.6) is 0 Å². The number of ketones is 2. The highest BCUT2D eigenvalue weighted by atomic mass is 32.2. The fraction of sp³-hybridized carbons (Fsp3) is 0.0333. The van der Waals surface area contributed by atoms with E-state index in [1.165, 1.54) is 48.0 Å². The summed E-state index contributed by atoms with van der Waals surface area (Å²) in [6.45, 7) is 0. The third-order valence-corrected chi connectivity index (χ3v) is 9.83. The average Bonchev–Trinajstić information content (AvgIpc) is 3.03. The summed E-state index contributed by atoms with van der Waals surface area (Å²) < 4.78 is 72.9. The molecule has 47 heavy (non-hydrogen) atoms. The number of fused-ring (bicyclic) bond motifs is 2. The van der Waals surface area contributed by atoms with E-state index >= 15 is 0 Å². The third kappa shape index (κ3) is 5.64. The van der Waals surface area contributed by atoms with Crippen LogP contribution < -0.4 is 10.9 Å². The van der Waals surface area contributed by atoms with Gasteiger partial charge in [-0.1, -0.05) is 41.4 Å². The lowest BCUT2D eigenvalue weighted by Crippen LogP contribution is -2.29. The molecule has 1 aliphatic carbocycles. The molecular weight excluding hydrogens is 677 g/mol. The van der Waals surface area contributed by atoms with Crippen molar-refractivity contribution >= 4 is 66.1 Å². The SMILES string of the molecule is Cn1c(=O)c(C(=O)c2cccc(SOOO)c2)c2c3c(c(Nc4ccc(S(=O)(=O)O)cc4S(=O)(=O)O)ccc31)C(=O)c1ccccc1-2. The van der Waals surface area contributed by atoms with E-state index in [1.807, 2.05) is 0 Å². The second-order valence-electron chi connectivity index (χ2n) is 10.2. The zero-order chi connectivity index (χ0) is 33.8. The van der Waals surface area contributed by atoms with Crippen molar-refractivity contribution in [2.45, 2.75) is 14.7 Å². The first-order valence-corrected chi connectivity index (χ1v) is 16.8. The van der Waals surface area contributed by atoms with Crippen molar-refractivity contribution in [1.82, 2.24) is 4.57 Å². The normalized spacial score (nSPS) is 12.6. The summed E-state index contributed by atoms with van der Waals surface area (Å²) in [6, 6.07) is 17.6. The van der Waals surface area contributed by atoms with Crippen LogP contribution in [-0.4, -0.2) is 47.3 Å². The summed E-state index contributed by atoms with van der Waals surface area (Å²) in [7, 11) is -8.51. The van der Waals surface area contributed by atoms with Gasteiger partial charge in [0.1, 0.15) is 4.90 Å². The molecule has 0 fully saturated rings. The average molecular weight is 697 g/mol. The first-order chi connectivity index (χ1) is 22.2. The first-order valence-electron chi connectivity index (χ1n) is 13.2. The number of rotatable bonds is 9. The summed E-state index contributed by atoms with van der Waals surface area (Å²) >= 11 is 0.609. The molecule has 0 saturated carbocycles. The number of aryl methyl sites for hydroxylation is 1. The van der Waals surface area contributed by atoms with Crippen LogP contribution in [0.2, 0.25) is 0 Å². The molecule has 1 aromatic heterocycles. The Morgan fingerprint density at radius 3 is 2.21 bits per heavy atom. The van der Waals surface area contributed by atoms with Gasteiger partial charge in [-0.2, -0.15) is 16.8 Å². The van der Waals surface area contributed by atoms with Crippen molar-refractivity contribution in [2.24, 2.45) is 7.05 Å². The zero-order valence-corrected chi connectivity index (χ0v) is 26.1.